The summed E-state index contributed by atoms with van der Waals surface area (Å²) in [4.78, 5) is 15.5. The number of carbonyl (C=O) groups excluding carboxylic acids is 1. The van der Waals surface area contributed by atoms with Crippen LogP contribution in [-0.4, -0.2) is 10.9 Å². The minimum Gasteiger partial charge on any atom is -0.344 e. The number of amides is 1. The highest BCUT2D eigenvalue weighted by Gasteiger charge is 2.38. The third-order valence-corrected chi connectivity index (χ3v) is 3.69. The Hall–Kier alpha value is -0.900. The Morgan fingerprint density at radius 1 is 1.57 bits per heavy atom. The highest BCUT2D eigenvalue weighted by Crippen LogP contribution is 2.39. The molecule has 1 aromatic heterocycles. The first kappa shape index (κ1) is 9.65. The molecule has 0 spiro atoms. The van der Waals surface area contributed by atoms with Gasteiger partial charge in [0.05, 0.1) is 5.54 Å². The molecule has 0 aliphatic heterocycles. The molecule has 0 aromatic carbocycles. The maximum absolute atomic E-state index is 11.2. The molecule has 1 aliphatic carbocycles. The number of hydrogen-bond acceptors (Lipinski definition) is 3. The number of hydrogen-bond donors (Lipinski definition) is 1. The van der Waals surface area contributed by atoms with E-state index in [-0.39, 0.29) is 11.4 Å². The minimum atomic E-state index is -0.153. The third kappa shape index (κ3) is 1.66. The van der Waals surface area contributed by atoms with Crippen molar-refractivity contribution in [2.45, 2.75) is 38.1 Å². The lowest BCUT2D eigenvalue weighted by molar-refractivity contribution is -0.121. The van der Waals surface area contributed by atoms with Crippen molar-refractivity contribution >= 4 is 17.2 Å². The van der Waals surface area contributed by atoms with Crippen molar-refractivity contribution in [3.8, 4) is 0 Å². The van der Waals surface area contributed by atoms with Crippen molar-refractivity contribution in [3.63, 3.8) is 0 Å². The van der Waals surface area contributed by atoms with E-state index in [0.717, 1.165) is 17.8 Å². The van der Waals surface area contributed by atoms with Gasteiger partial charge in [-0.3, -0.25) is 4.79 Å². The Labute approximate surface area is 87.6 Å². The van der Waals surface area contributed by atoms with Crippen molar-refractivity contribution in [1.29, 1.82) is 0 Å². The van der Waals surface area contributed by atoms with Crippen LogP contribution in [0.15, 0.2) is 11.6 Å². The Kier molecular flexibility index (Phi) is 2.54. The van der Waals surface area contributed by atoms with Crippen molar-refractivity contribution in [1.82, 2.24) is 10.3 Å². The lowest BCUT2D eigenvalue weighted by Gasteiger charge is -2.27. The van der Waals surface area contributed by atoms with Crippen LogP contribution in [0.2, 0.25) is 0 Å². The van der Waals surface area contributed by atoms with Crippen molar-refractivity contribution in [2.75, 3.05) is 0 Å². The van der Waals surface area contributed by atoms with E-state index in [2.05, 4.69) is 10.3 Å². The normalized spacial score (nSPS) is 19.5. The molecule has 76 valence electrons. The summed E-state index contributed by atoms with van der Waals surface area (Å²) >= 11 is 1.64. The van der Waals surface area contributed by atoms with Crippen LogP contribution in [0.5, 0.6) is 0 Å². The lowest BCUT2D eigenvalue weighted by Crippen LogP contribution is -2.42. The maximum Gasteiger partial charge on any atom is 0.217 e. The fourth-order valence-electron chi connectivity index (χ4n) is 2.17. The fourth-order valence-corrected chi connectivity index (χ4v) is 3.02. The van der Waals surface area contributed by atoms with Crippen LogP contribution >= 0.6 is 11.3 Å². The lowest BCUT2D eigenvalue weighted by atomic mass is 9.98. The highest BCUT2D eigenvalue weighted by molar-refractivity contribution is 7.09. The average Bonchev–Trinajstić information content (AvgIpc) is 2.69. The van der Waals surface area contributed by atoms with Gasteiger partial charge in [0.25, 0.3) is 0 Å². The van der Waals surface area contributed by atoms with Gasteiger partial charge in [-0.1, -0.05) is 12.8 Å². The van der Waals surface area contributed by atoms with Crippen LogP contribution < -0.4 is 5.32 Å². The standard InChI is InChI=1S/C10H14N2OS/c1-8(13)12-10(4-2-3-5-10)9-11-6-7-14-9/h6-7H,2-5H2,1H3,(H,12,13). The Bertz CT molecular complexity index is 315. The van der Waals surface area contributed by atoms with Crippen LogP contribution in [0.1, 0.15) is 37.6 Å². The molecular weight excluding hydrogens is 196 g/mol. The zero-order valence-corrected chi connectivity index (χ0v) is 9.06. The van der Waals surface area contributed by atoms with E-state index in [9.17, 15) is 4.79 Å². The van der Waals surface area contributed by atoms with Gasteiger partial charge in [0.1, 0.15) is 5.01 Å². The quantitative estimate of drug-likeness (QED) is 0.811. The largest absolute Gasteiger partial charge is 0.344 e. The minimum absolute atomic E-state index is 0.0436. The van der Waals surface area contributed by atoms with Crippen LogP contribution in [0.25, 0.3) is 0 Å². The number of rotatable bonds is 2. The first-order valence-corrected chi connectivity index (χ1v) is 5.80. The summed E-state index contributed by atoms with van der Waals surface area (Å²) in [5, 5.41) is 6.10. The van der Waals surface area contributed by atoms with E-state index >= 15 is 0 Å². The molecule has 3 nitrogen and oxygen atoms in total. The SMILES string of the molecule is CC(=O)NC1(c2nccs2)CCCC1. The molecule has 1 fully saturated rings. The Morgan fingerprint density at radius 3 is 2.79 bits per heavy atom. The van der Waals surface area contributed by atoms with E-state index in [1.165, 1.54) is 12.8 Å². The molecule has 1 saturated carbocycles. The summed E-state index contributed by atoms with van der Waals surface area (Å²) in [6.07, 6.45) is 6.22. The topological polar surface area (TPSA) is 42.0 Å². The first-order chi connectivity index (χ1) is 6.73. The zero-order valence-electron chi connectivity index (χ0n) is 8.25. The maximum atomic E-state index is 11.2. The van der Waals surface area contributed by atoms with E-state index in [4.69, 9.17) is 0 Å². The molecular formula is C10H14N2OS. The molecule has 1 amide bonds. The molecule has 1 aliphatic rings. The summed E-state index contributed by atoms with van der Waals surface area (Å²) < 4.78 is 0. The molecule has 1 N–H and O–H groups in total. The van der Waals surface area contributed by atoms with Gasteiger partial charge in [-0.25, -0.2) is 4.98 Å². The molecule has 1 heterocycles. The molecule has 0 bridgehead atoms. The number of nitrogens with zero attached hydrogens (tertiary/aromatic N) is 1. The molecule has 0 atom stereocenters. The molecule has 4 heteroatoms. The van der Waals surface area contributed by atoms with E-state index in [1.807, 2.05) is 11.6 Å². The summed E-state index contributed by atoms with van der Waals surface area (Å²) in [5.41, 5.74) is -0.153. The van der Waals surface area contributed by atoms with Crippen molar-refractivity contribution < 1.29 is 4.79 Å². The smallest absolute Gasteiger partial charge is 0.217 e. The Balaban J connectivity index is 2.26. The van der Waals surface area contributed by atoms with Gasteiger partial charge in [0.2, 0.25) is 5.91 Å². The van der Waals surface area contributed by atoms with Gasteiger partial charge < -0.3 is 5.32 Å². The number of nitrogens with one attached hydrogen (secondary N) is 1. The molecule has 1 aromatic rings. The summed E-state index contributed by atoms with van der Waals surface area (Å²) in [6, 6.07) is 0. The summed E-state index contributed by atoms with van der Waals surface area (Å²) in [5.74, 6) is 0.0436. The van der Waals surface area contributed by atoms with Crippen molar-refractivity contribution in [2.24, 2.45) is 0 Å². The highest BCUT2D eigenvalue weighted by atomic mass is 32.1. The number of carbonyl (C=O) groups is 1. The molecule has 0 radical (unpaired) electrons. The second-order valence-corrected chi connectivity index (χ2v) is 4.70. The van der Waals surface area contributed by atoms with Crippen molar-refractivity contribution in [3.05, 3.63) is 16.6 Å². The van der Waals surface area contributed by atoms with Gasteiger partial charge >= 0.3 is 0 Å². The van der Waals surface area contributed by atoms with Gasteiger partial charge in [-0.2, -0.15) is 0 Å². The molecule has 14 heavy (non-hydrogen) atoms. The Morgan fingerprint density at radius 2 is 2.29 bits per heavy atom. The zero-order chi connectivity index (χ0) is 10.0. The molecule has 2 rings (SSSR count). The summed E-state index contributed by atoms with van der Waals surface area (Å²) in [7, 11) is 0. The van der Waals surface area contributed by atoms with E-state index in [0.29, 0.717) is 0 Å². The van der Waals surface area contributed by atoms with E-state index < -0.39 is 0 Å². The third-order valence-electron chi connectivity index (χ3n) is 2.71. The predicted molar refractivity (Wildman–Crippen MR) is 56.1 cm³/mol. The summed E-state index contributed by atoms with van der Waals surface area (Å²) in [6.45, 7) is 1.58. The number of thiazole rings is 1. The monoisotopic (exact) mass is 210 g/mol. The average molecular weight is 210 g/mol. The van der Waals surface area contributed by atoms with Crippen LogP contribution in [0.4, 0.5) is 0 Å². The molecule has 0 saturated heterocycles. The van der Waals surface area contributed by atoms with Gasteiger partial charge in [-0.05, 0) is 12.8 Å². The van der Waals surface area contributed by atoms with Crippen LogP contribution in [0.3, 0.4) is 0 Å². The number of aromatic nitrogens is 1. The van der Waals surface area contributed by atoms with Gasteiger partial charge in [0, 0.05) is 18.5 Å². The van der Waals surface area contributed by atoms with Crippen LogP contribution in [0, 0.1) is 0 Å². The second kappa shape index (κ2) is 3.69. The second-order valence-electron chi connectivity index (χ2n) is 3.81. The van der Waals surface area contributed by atoms with Gasteiger partial charge in [0.15, 0.2) is 0 Å². The van der Waals surface area contributed by atoms with Crippen LogP contribution in [-0.2, 0) is 10.3 Å². The van der Waals surface area contributed by atoms with E-state index in [1.54, 1.807) is 18.3 Å². The fraction of sp³-hybridized carbons (Fsp3) is 0.600. The first-order valence-electron chi connectivity index (χ1n) is 4.92. The molecule has 0 unspecified atom stereocenters. The van der Waals surface area contributed by atoms with Gasteiger partial charge in [-0.15, -0.1) is 11.3 Å². The predicted octanol–water partition coefficient (Wildman–Crippen LogP) is 2.05.